The molecular weight excluding hydrogens is 488 g/mol. The Morgan fingerprint density at radius 3 is 2.61 bits per heavy atom. The number of hydrogen-bond acceptors (Lipinski definition) is 6. The number of amides is 2. The molecule has 3 rings (SSSR count). The van der Waals surface area contributed by atoms with Gasteiger partial charge in [0.15, 0.2) is 11.7 Å². The minimum absolute atomic E-state index is 0.0558. The number of hydrogen-bond donors (Lipinski definition) is 3. The van der Waals surface area contributed by atoms with E-state index in [2.05, 4.69) is 32.1 Å². The Morgan fingerprint density at radius 1 is 1.06 bits per heavy atom. The van der Waals surface area contributed by atoms with Gasteiger partial charge in [0.2, 0.25) is 0 Å². The number of rotatable bonds is 5. The van der Waals surface area contributed by atoms with E-state index in [4.69, 9.17) is 17.0 Å². The molecule has 0 heterocycles. The van der Waals surface area contributed by atoms with E-state index in [9.17, 15) is 19.7 Å². The molecule has 31 heavy (non-hydrogen) atoms. The van der Waals surface area contributed by atoms with E-state index in [1.165, 1.54) is 18.2 Å². The van der Waals surface area contributed by atoms with E-state index in [-0.39, 0.29) is 23.0 Å². The van der Waals surface area contributed by atoms with Crippen LogP contribution in [0, 0.1) is 10.1 Å². The Hall–Kier alpha value is -3.57. The molecule has 9 nitrogen and oxygen atoms in total. The first-order chi connectivity index (χ1) is 14.8. The molecule has 0 fully saturated rings. The summed E-state index contributed by atoms with van der Waals surface area (Å²) in [6, 6.07) is 16.5. The Balaban J connectivity index is 1.49. The molecule has 2 amide bonds. The molecule has 3 aromatic carbocycles. The monoisotopic (exact) mass is 502 g/mol. The Kier molecular flexibility index (Phi) is 7.11. The van der Waals surface area contributed by atoms with E-state index in [0.717, 1.165) is 21.3 Å². The van der Waals surface area contributed by atoms with E-state index in [1.807, 2.05) is 30.3 Å². The molecule has 0 unspecified atom stereocenters. The number of non-ortho nitro benzene ring substituents is 1. The summed E-state index contributed by atoms with van der Waals surface area (Å²) in [5.41, 5.74) is 4.45. The molecule has 0 aromatic heterocycles. The highest BCUT2D eigenvalue weighted by atomic mass is 79.9. The Morgan fingerprint density at radius 2 is 1.84 bits per heavy atom. The van der Waals surface area contributed by atoms with Crippen LogP contribution in [0.3, 0.4) is 0 Å². The van der Waals surface area contributed by atoms with Crippen LogP contribution in [0.2, 0.25) is 0 Å². The maximum Gasteiger partial charge on any atom is 0.270 e. The van der Waals surface area contributed by atoms with Crippen molar-refractivity contribution in [3.63, 3.8) is 0 Å². The van der Waals surface area contributed by atoms with Crippen LogP contribution >= 0.6 is 28.1 Å². The highest BCUT2D eigenvalue weighted by Gasteiger charge is 2.13. The maximum atomic E-state index is 12.1. The fraction of sp³-hybridized carbons (Fsp3) is 0.0500. The summed E-state index contributed by atoms with van der Waals surface area (Å²) in [6.45, 7) is -0.308. The second-order valence-electron chi connectivity index (χ2n) is 6.15. The standard InChI is InChI=1S/C20H15BrN4O5S/c21-18-15-7-2-1-4-12(15)8-9-16(18)30-11-17(26)22-20(31)24-23-19(27)13-5-3-6-14(10-13)25(28)29/h1-10H,11H2,(H,23,27)(H2,22,24,26,31). The number of nitro benzene ring substituents is 1. The van der Waals surface area contributed by atoms with Crippen molar-refractivity contribution in [1.82, 2.24) is 16.2 Å². The molecule has 3 N–H and O–H groups in total. The van der Waals surface area contributed by atoms with Gasteiger partial charge in [0.25, 0.3) is 17.5 Å². The van der Waals surface area contributed by atoms with Crippen molar-refractivity contribution in [3.8, 4) is 5.75 Å². The summed E-state index contributed by atoms with van der Waals surface area (Å²) >= 11 is 8.43. The molecule has 0 radical (unpaired) electrons. The summed E-state index contributed by atoms with van der Waals surface area (Å²) < 4.78 is 6.27. The number of ether oxygens (including phenoxy) is 1. The molecule has 0 spiro atoms. The first kappa shape index (κ1) is 22.1. The van der Waals surface area contributed by atoms with Gasteiger partial charge >= 0.3 is 0 Å². The first-order valence-corrected chi connectivity index (χ1v) is 10.00. The zero-order valence-corrected chi connectivity index (χ0v) is 18.2. The van der Waals surface area contributed by atoms with Gasteiger partial charge in [-0.1, -0.05) is 36.4 Å². The lowest BCUT2D eigenvalue weighted by Gasteiger charge is -2.12. The zero-order chi connectivity index (χ0) is 22.4. The number of carbonyl (C=O) groups excluding carboxylic acids is 2. The van der Waals surface area contributed by atoms with Crippen LogP contribution < -0.4 is 20.9 Å². The number of halogens is 1. The number of fused-ring (bicyclic) bond motifs is 1. The fourth-order valence-corrected chi connectivity index (χ4v) is 3.38. The van der Waals surface area contributed by atoms with Crippen molar-refractivity contribution in [3.05, 3.63) is 80.8 Å². The van der Waals surface area contributed by atoms with Crippen LogP contribution in [0.15, 0.2) is 65.1 Å². The predicted molar refractivity (Wildman–Crippen MR) is 122 cm³/mol. The van der Waals surface area contributed by atoms with Gasteiger partial charge in [0, 0.05) is 17.7 Å². The summed E-state index contributed by atoms with van der Waals surface area (Å²) in [5.74, 6) is -0.703. The van der Waals surface area contributed by atoms with Crippen LogP contribution in [0.25, 0.3) is 10.8 Å². The maximum absolute atomic E-state index is 12.1. The number of carbonyl (C=O) groups is 2. The van der Waals surface area contributed by atoms with Gasteiger partial charge in [0.1, 0.15) is 5.75 Å². The third kappa shape index (κ3) is 5.74. The molecular formula is C20H15BrN4O5S. The summed E-state index contributed by atoms with van der Waals surface area (Å²) in [5, 5.41) is 15.0. The summed E-state index contributed by atoms with van der Waals surface area (Å²) in [4.78, 5) is 34.3. The second kappa shape index (κ2) is 9.96. The van der Waals surface area contributed by atoms with Gasteiger partial charge in [-0.05, 0) is 51.1 Å². The van der Waals surface area contributed by atoms with Crippen LogP contribution in [-0.2, 0) is 4.79 Å². The van der Waals surface area contributed by atoms with E-state index < -0.39 is 16.7 Å². The van der Waals surface area contributed by atoms with E-state index in [1.54, 1.807) is 6.07 Å². The second-order valence-corrected chi connectivity index (χ2v) is 7.35. The summed E-state index contributed by atoms with van der Waals surface area (Å²) in [7, 11) is 0. The smallest absolute Gasteiger partial charge is 0.270 e. The first-order valence-electron chi connectivity index (χ1n) is 8.80. The van der Waals surface area contributed by atoms with Crippen molar-refractivity contribution in [2.24, 2.45) is 0 Å². The molecule has 0 saturated heterocycles. The highest BCUT2D eigenvalue weighted by Crippen LogP contribution is 2.32. The average Bonchev–Trinajstić information content (AvgIpc) is 2.77. The highest BCUT2D eigenvalue weighted by molar-refractivity contribution is 9.10. The van der Waals surface area contributed by atoms with Crippen LogP contribution in [-0.4, -0.2) is 28.5 Å². The molecule has 158 valence electrons. The number of nitrogens with zero attached hydrogens (tertiary/aromatic N) is 1. The molecule has 11 heteroatoms. The molecule has 0 aliphatic carbocycles. The van der Waals surface area contributed by atoms with Gasteiger partial charge in [-0.15, -0.1) is 0 Å². The van der Waals surface area contributed by atoms with Crippen LogP contribution in [0.1, 0.15) is 10.4 Å². The van der Waals surface area contributed by atoms with Crippen molar-refractivity contribution in [1.29, 1.82) is 0 Å². The van der Waals surface area contributed by atoms with Crippen LogP contribution in [0.5, 0.6) is 5.75 Å². The van der Waals surface area contributed by atoms with Gasteiger partial charge in [-0.25, -0.2) is 0 Å². The zero-order valence-electron chi connectivity index (χ0n) is 15.8. The minimum Gasteiger partial charge on any atom is -0.483 e. The lowest BCUT2D eigenvalue weighted by Crippen LogP contribution is -2.49. The van der Waals surface area contributed by atoms with E-state index >= 15 is 0 Å². The molecule has 0 bridgehead atoms. The number of nitrogens with one attached hydrogen (secondary N) is 3. The van der Waals surface area contributed by atoms with Gasteiger partial charge in [-0.2, -0.15) is 0 Å². The molecule has 0 aliphatic rings. The SMILES string of the molecule is O=C(COc1ccc2ccccc2c1Br)NC(=S)NNC(=O)c1cccc([N+](=O)[O-])c1. The molecule has 0 aliphatic heterocycles. The number of hydrazine groups is 1. The number of thiocarbonyl (C=S) groups is 1. The topological polar surface area (TPSA) is 123 Å². The Bertz CT molecular complexity index is 1190. The molecule has 3 aromatic rings. The molecule has 0 atom stereocenters. The predicted octanol–water partition coefficient (Wildman–Crippen LogP) is 3.23. The minimum atomic E-state index is -0.656. The van der Waals surface area contributed by atoms with E-state index in [0.29, 0.717) is 5.75 Å². The van der Waals surface area contributed by atoms with Crippen molar-refractivity contribution in [2.75, 3.05) is 6.61 Å². The summed E-state index contributed by atoms with van der Waals surface area (Å²) in [6.07, 6.45) is 0. The lowest BCUT2D eigenvalue weighted by atomic mass is 10.1. The van der Waals surface area contributed by atoms with Crippen LogP contribution in [0.4, 0.5) is 5.69 Å². The normalized spacial score (nSPS) is 10.2. The van der Waals surface area contributed by atoms with Gasteiger partial charge in [0.05, 0.1) is 9.40 Å². The largest absolute Gasteiger partial charge is 0.483 e. The van der Waals surface area contributed by atoms with Crippen molar-refractivity contribution in [2.45, 2.75) is 0 Å². The molecule has 0 saturated carbocycles. The van der Waals surface area contributed by atoms with Gasteiger partial charge < -0.3 is 4.74 Å². The number of benzene rings is 3. The third-order valence-electron chi connectivity index (χ3n) is 4.05. The quantitative estimate of drug-likeness (QED) is 0.278. The number of nitro groups is 1. The van der Waals surface area contributed by atoms with Crippen molar-refractivity contribution < 1.29 is 19.2 Å². The van der Waals surface area contributed by atoms with Crippen molar-refractivity contribution >= 4 is 61.5 Å². The third-order valence-corrected chi connectivity index (χ3v) is 5.07. The Labute approximate surface area is 190 Å². The fourth-order valence-electron chi connectivity index (χ4n) is 2.61. The lowest BCUT2D eigenvalue weighted by molar-refractivity contribution is -0.384. The van der Waals surface area contributed by atoms with Gasteiger partial charge in [-0.3, -0.25) is 35.9 Å². The average molecular weight is 503 g/mol.